The molecule has 0 unspecified atom stereocenters. The van der Waals surface area contributed by atoms with Crippen molar-refractivity contribution in [3.63, 3.8) is 0 Å². The highest BCUT2D eigenvalue weighted by atomic mass is 16.2. The van der Waals surface area contributed by atoms with Crippen molar-refractivity contribution in [1.82, 2.24) is 4.90 Å². The Morgan fingerprint density at radius 3 is 2.42 bits per heavy atom. The van der Waals surface area contributed by atoms with Gasteiger partial charge in [-0.25, -0.2) is 4.79 Å². The van der Waals surface area contributed by atoms with Crippen LogP contribution in [0, 0.1) is 5.41 Å². The van der Waals surface area contributed by atoms with E-state index >= 15 is 0 Å². The Hall–Kier alpha value is -1.84. The summed E-state index contributed by atoms with van der Waals surface area (Å²) in [6.45, 7) is 8.39. The Kier molecular flexibility index (Phi) is 4.70. The van der Waals surface area contributed by atoms with Gasteiger partial charge in [-0.1, -0.05) is 32.9 Å². The lowest BCUT2D eigenvalue weighted by atomic mass is 9.96. The van der Waals surface area contributed by atoms with Crippen molar-refractivity contribution >= 4 is 17.5 Å². The maximum Gasteiger partial charge on any atom is 0.321 e. The number of benzene rings is 1. The summed E-state index contributed by atoms with van der Waals surface area (Å²) >= 11 is 0. The van der Waals surface area contributed by atoms with E-state index in [-0.39, 0.29) is 17.2 Å². The van der Waals surface area contributed by atoms with Gasteiger partial charge in [-0.2, -0.15) is 0 Å². The molecule has 19 heavy (non-hydrogen) atoms. The topological polar surface area (TPSA) is 49.4 Å². The van der Waals surface area contributed by atoms with Crippen LogP contribution in [0.15, 0.2) is 24.3 Å². The van der Waals surface area contributed by atoms with Crippen molar-refractivity contribution in [2.75, 3.05) is 18.9 Å². The normalized spacial score (nSPS) is 11.0. The second-order valence-corrected chi connectivity index (χ2v) is 5.98. The van der Waals surface area contributed by atoms with Crippen LogP contribution in [-0.4, -0.2) is 30.3 Å². The third-order valence-electron chi connectivity index (χ3n) is 2.58. The van der Waals surface area contributed by atoms with Crippen molar-refractivity contribution < 1.29 is 9.59 Å². The maximum absolute atomic E-state index is 12.0. The summed E-state index contributed by atoms with van der Waals surface area (Å²) in [5.41, 5.74) is 1.28. The van der Waals surface area contributed by atoms with Crippen LogP contribution in [-0.2, 0) is 0 Å². The first kappa shape index (κ1) is 15.2. The smallest absolute Gasteiger partial charge is 0.321 e. The number of amides is 2. The van der Waals surface area contributed by atoms with Crippen LogP contribution in [0.25, 0.3) is 0 Å². The molecule has 0 aromatic heterocycles. The molecule has 0 aliphatic heterocycles. The molecule has 0 aliphatic carbocycles. The minimum absolute atomic E-state index is 0.0147. The number of rotatable bonds is 3. The zero-order valence-electron chi connectivity index (χ0n) is 12.3. The Bertz CT molecular complexity index is 475. The summed E-state index contributed by atoms with van der Waals surface area (Å²) < 4.78 is 0. The van der Waals surface area contributed by atoms with Crippen LogP contribution in [0.1, 0.15) is 38.1 Å². The van der Waals surface area contributed by atoms with Gasteiger partial charge in [0.05, 0.1) is 0 Å². The zero-order chi connectivity index (χ0) is 14.6. The van der Waals surface area contributed by atoms with E-state index in [9.17, 15) is 9.59 Å². The molecule has 4 nitrogen and oxygen atoms in total. The van der Waals surface area contributed by atoms with Crippen LogP contribution < -0.4 is 5.32 Å². The van der Waals surface area contributed by atoms with E-state index < -0.39 is 0 Å². The third-order valence-corrected chi connectivity index (χ3v) is 2.58. The molecule has 0 saturated carbocycles. The van der Waals surface area contributed by atoms with Gasteiger partial charge in [0.25, 0.3) is 0 Å². The SMILES string of the molecule is CC(=O)c1cccc(NC(=O)N(C)CC(C)(C)C)c1. The summed E-state index contributed by atoms with van der Waals surface area (Å²) in [7, 11) is 1.76. The molecule has 0 atom stereocenters. The summed E-state index contributed by atoms with van der Waals surface area (Å²) in [6.07, 6.45) is 0. The van der Waals surface area contributed by atoms with Crippen LogP contribution in [0.3, 0.4) is 0 Å². The number of nitrogens with zero attached hydrogens (tertiary/aromatic N) is 1. The number of hydrogen-bond acceptors (Lipinski definition) is 2. The molecule has 4 heteroatoms. The molecule has 0 radical (unpaired) electrons. The van der Waals surface area contributed by atoms with Gasteiger partial charge in [0, 0.05) is 24.8 Å². The van der Waals surface area contributed by atoms with Crippen molar-refractivity contribution in [2.45, 2.75) is 27.7 Å². The van der Waals surface area contributed by atoms with Gasteiger partial charge in [-0.05, 0) is 24.5 Å². The molecule has 2 amide bonds. The number of carbonyl (C=O) groups is 2. The minimum Gasteiger partial charge on any atom is -0.327 e. The molecule has 1 aromatic carbocycles. The second kappa shape index (κ2) is 5.87. The van der Waals surface area contributed by atoms with E-state index in [0.717, 1.165) is 0 Å². The number of nitrogens with one attached hydrogen (secondary N) is 1. The summed E-state index contributed by atoms with van der Waals surface area (Å²) in [6, 6.07) is 6.78. The highest BCUT2D eigenvalue weighted by molar-refractivity contribution is 5.96. The van der Waals surface area contributed by atoms with E-state index in [1.165, 1.54) is 6.92 Å². The summed E-state index contributed by atoms with van der Waals surface area (Å²) in [5, 5.41) is 2.79. The van der Waals surface area contributed by atoms with Crippen molar-refractivity contribution in [3.05, 3.63) is 29.8 Å². The van der Waals surface area contributed by atoms with E-state index in [1.807, 2.05) is 0 Å². The van der Waals surface area contributed by atoms with Crippen molar-refractivity contribution in [2.24, 2.45) is 5.41 Å². The molecule has 0 saturated heterocycles. The number of Topliss-reactive ketones (excluding diaryl/α,β-unsaturated/α-hetero) is 1. The lowest BCUT2D eigenvalue weighted by Gasteiger charge is -2.26. The lowest BCUT2D eigenvalue weighted by Crippen LogP contribution is -2.37. The number of anilines is 1. The fourth-order valence-electron chi connectivity index (χ4n) is 1.82. The second-order valence-electron chi connectivity index (χ2n) is 5.98. The molecule has 1 aromatic rings. The minimum atomic E-state index is -0.171. The molecular formula is C15H22N2O2. The van der Waals surface area contributed by atoms with E-state index in [1.54, 1.807) is 36.2 Å². The number of ketones is 1. The van der Waals surface area contributed by atoms with Crippen LogP contribution in [0.5, 0.6) is 0 Å². The first-order valence-electron chi connectivity index (χ1n) is 6.32. The number of carbonyl (C=O) groups excluding carboxylic acids is 2. The molecule has 0 spiro atoms. The average molecular weight is 262 g/mol. The summed E-state index contributed by atoms with van der Waals surface area (Å²) in [5.74, 6) is -0.0147. The zero-order valence-corrected chi connectivity index (χ0v) is 12.3. The molecule has 1 rings (SSSR count). The maximum atomic E-state index is 12.0. The van der Waals surface area contributed by atoms with Crippen molar-refractivity contribution in [3.8, 4) is 0 Å². The standard InChI is InChI=1S/C15H22N2O2/c1-11(18)12-7-6-8-13(9-12)16-14(19)17(5)10-15(2,3)4/h6-9H,10H2,1-5H3,(H,16,19). The lowest BCUT2D eigenvalue weighted by molar-refractivity contribution is 0.101. The quantitative estimate of drug-likeness (QED) is 0.849. The number of hydrogen-bond donors (Lipinski definition) is 1. The van der Waals surface area contributed by atoms with E-state index in [0.29, 0.717) is 17.8 Å². The fourth-order valence-corrected chi connectivity index (χ4v) is 1.82. The molecule has 0 fully saturated rings. The first-order chi connectivity index (χ1) is 8.69. The van der Waals surface area contributed by atoms with Gasteiger partial charge >= 0.3 is 6.03 Å². The average Bonchev–Trinajstić information content (AvgIpc) is 2.27. The Labute approximate surface area is 114 Å². The molecule has 0 heterocycles. The molecular weight excluding hydrogens is 240 g/mol. The van der Waals surface area contributed by atoms with Gasteiger partial charge in [0.2, 0.25) is 0 Å². The monoisotopic (exact) mass is 262 g/mol. The predicted molar refractivity (Wildman–Crippen MR) is 77.6 cm³/mol. The van der Waals surface area contributed by atoms with Crippen LogP contribution in [0.2, 0.25) is 0 Å². The molecule has 0 bridgehead atoms. The van der Waals surface area contributed by atoms with Gasteiger partial charge in [0.15, 0.2) is 5.78 Å². The fraction of sp³-hybridized carbons (Fsp3) is 0.467. The van der Waals surface area contributed by atoms with E-state index in [4.69, 9.17) is 0 Å². The highest BCUT2D eigenvalue weighted by Crippen LogP contribution is 2.16. The Morgan fingerprint density at radius 1 is 1.26 bits per heavy atom. The van der Waals surface area contributed by atoms with Gasteiger partial charge < -0.3 is 10.2 Å². The Balaban J connectivity index is 2.71. The molecule has 1 N–H and O–H groups in total. The number of urea groups is 1. The van der Waals surface area contributed by atoms with Gasteiger partial charge in [-0.15, -0.1) is 0 Å². The van der Waals surface area contributed by atoms with Gasteiger partial charge in [-0.3, -0.25) is 4.79 Å². The largest absolute Gasteiger partial charge is 0.327 e. The van der Waals surface area contributed by atoms with E-state index in [2.05, 4.69) is 26.1 Å². The molecule has 104 valence electrons. The van der Waals surface area contributed by atoms with Crippen LogP contribution in [0.4, 0.5) is 10.5 Å². The van der Waals surface area contributed by atoms with Crippen molar-refractivity contribution in [1.29, 1.82) is 0 Å². The third kappa shape index (κ3) is 5.12. The first-order valence-corrected chi connectivity index (χ1v) is 6.32. The predicted octanol–water partition coefficient (Wildman–Crippen LogP) is 3.40. The Morgan fingerprint density at radius 2 is 1.89 bits per heavy atom. The summed E-state index contributed by atoms with van der Waals surface area (Å²) in [4.78, 5) is 24.9. The van der Waals surface area contributed by atoms with Crippen LogP contribution >= 0.6 is 0 Å². The van der Waals surface area contributed by atoms with Gasteiger partial charge in [0.1, 0.15) is 0 Å². The molecule has 0 aliphatic rings. The highest BCUT2D eigenvalue weighted by Gasteiger charge is 2.17.